The van der Waals surface area contributed by atoms with Crippen LogP contribution in [0.25, 0.3) is 0 Å². The third kappa shape index (κ3) is 3.89. The number of halogens is 1. The fourth-order valence-corrected chi connectivity index (χ4v) is 3.62. The zero-order chi connectivity index (χ0) is 15.5. The maximum Gasteiger partial charge on any atom is 0.273 e. The highest BCUT2D eigenvalue weighted by atomic mass is 35.5. The normalized spacial score (nSPS) is 14.5. The lowest BCUT2D eigenvalue weighted by Gasteiger charge is -2.34. The monoisotopic (exact) mass is 372 g/mol. The molecule has 1 fully saturated rings. The van der Waals surface area contributed by atoms with Gasteiger partial charge in [0.2, 0.25) is 0 Å². The number of carbonyl (C=O) groups is 2. The number of nitrogens with two attached hydrogens (primary N) is 1. The van der Waals surface area contributed by atoms with Crippen LogP contribution in [0.1, 0.15) is 25.9 Å². The quantitative estimate of drug-likeness (QED) is 0.889. The van der Waals surface area contributed by atoms with Crippen LogP contribution in [-0.2, 0) is 6.54 Å². The van der Waals surface area contributed by atoms with E-state index < -0.39 is 0 Å². The molecule has 3 heterocycles. The van der Waals surface area contributed by atoms with Crippen molar-refractivity contribution in [3.8, 4) is 0 Å². The largest absolute Gasteiger partial charge is 0.335 e. The van der Waals surface area contributed by atoms with Crippen molar-refractivity contribution in [3.05, 3.63) is 38.5 Å². The number of thiazole rings is 1. The first-order chi connectivity index (χ1) is 10.7. The Morgan fingerprint density at radius 1 is 1.13 bits per heavy atom. The molecule has 0 aliphatic carbocycles. The van der Waals surface area contributed by atoms with Gasteiger partial charge in [-0.15, -0.1) is 23.7 Å². The summed E-state index contributed by atoms with van der Waals surface area (Å²) in [5, 5.41) is 6.25. The second-order valence-corrected chi connectivity index (χ2v) is 6.65. The Bertz CT molecular complexity index is 666. The van der Waals surface area contributed by atoms with E-state index in [2.05, 4.69) is 4.98 Å². The van der Waals surface area contributed by atoms with E-state index in [0.717, 1.165) is 10.6 Å². The van der Waals surface area contributed by atoms with Gasteiger partial charge in [-0.1, -0.05) is 0 Å². The third-order valence-corrected chi connectivity index (χ3v) is 5.12. The predicted molar refractivity (Wildman–Crippen MR) is 93.4 cm³/mol. The summed E-state index contributed by atoms with van der Waals surface area (Å²) in [5.74, 6) is -0.0500. The van der Waals surface area contributed by atoms with Crippen molar-refractivity contribution < 1.29 is 9.59 Å². The zero-order valence-corrected chi connectivity index (χ0v) is 14.8. The van der Waals surface area contributed by atoms with E-state index in [4.69, 9.17) is 5.73 Å². The number of hydrogen-bond acceptors (Lipinski definition) is 6. The summed E-state index contributed by atoms with van der Waals surface area (Å²) in [5.41, 5.74) is 6.69. The van der Waals surface area contributed by atoms with Gasteiger partial charge in [-0.05, 0) is 11.4 Å². The Morgan fingerprint density at radius 3 is 2.30 bits per heavy atom. The topological polar surface area (TPSA) is 79.5 Å². The van der Waals surface area contributed by atoms with Gasteiger partial charge in [-0.2, -0.15) is 11.3 Å². The molecular weight excluding hydrogens is 356 g/mol. The first kappa shape index (κ1) is 17.9. The molecular formula is C14H17ClN4O2S2. The molecule has 124 valence electrons. The lowest BCUT2D eigenvalue weighted by molar-refractivity contribution is 0.0533. The molecule has 0 aromatic carbocycles. The summed E-state index contributed by atoms with van der Waals surface area (Å²) in [6, 6.07) is 1.83. The Labute approximate surface area is 148 Å². The van der Waals surface area contributed by atoms with Crippen molar-refractivity contribution in [3.63, 3.8) is 0 Å². The molecule has 9 heteroatoms. The van der Waals surface area contributed by atoms with Crippen LogP contribution in [0.5, 0.6) is 0 Å². The molecule has 2 N–H and O–H groups in total. The summed E-state index contributed by atoms with van der Waals surface area (Å²) in [6.07, 6.45) is 0. The van der Waals surface area contributed by atoms with Gasteiger partial charge in [-0.3, -0.25) is 9.59 Å². The Balaban J connectivity index is 0.00000192. The van der Waals surface area contributed by atoms with Crippen molar-refractivity contribution in [2.75, 3.05) is 26.2 Å². The number of rotatable bonds is 3. The first-order valence-electron chi connectivity index (χ1n) is 6.94. The SMILES string of the molecule is Cl.NCc1nc(C(=O)N2CCN(C(=O)c3ccsc3)CC2)cs1. The predicted octanol–water partition coefficient (Wildman–Crippen LogP) is 1.68. The lowest BCUT2D eigenvalue weighted by Crippen LogP contribution is -2.50. The van der Waals surface area contributed by atoms with E-state index in [1.807, 2.05) is 16.8 Å². The number of hydrogen-bond donors (Lipinski definition) is 1. The molecule has 23 heavy (non-hydrogen) atoms. The van der Waals surface area contributed by atoms with E-state index >= 15 is 0 Å². The summed E-state index contributed by atoms with van der Waals surface area (Å²) >= 11 is 2.91. The van der Waals surface area contributed by atoms with Crippen molar-refractivity contribution >= 4 is 46.9 Å². The fraction of sp³-hybridized carbons (Fsp3) is 0.357. The van der Waals surface area contributed by atoms with Crippen LogP contribution in [-0.4, -0.2) is 52.8 Å². The lowest BCUT2D eigenvalue weighted by atomic mass is 10.2. The van der Waals surface area contributed by atoms with E-state index in [0.29, 0.717) is 38.4 Å². The highest BCUT2D eigenvalue weighted by Gasteiger charge is 2.26. The molecule has 1 saturated heterocycles. The van der Waals surface area contributed by atoms with Gasteiger partial charge in [0.25, 0.3) is 11.8 Å². The molecule has 2 amide bonds. The van der Waals surface area contributed by atoms with Gasteiger partial charge in [0, 0.05) is 43.5 Å². The number of aromatic nitrogens is 1. The van der Waals surface area contributed by atoms with Crippen molar-refractivity contribution in [2.24, 2.45) is 5.73 Å². The minimum atomic E-state index is -0.0846. The van der Waals surface area contributed by atoms with Crippen LogP contribution >= 0.6 is 35.1 Å². The molecule has 1 aliphatic heterocycles. The number of thiophene rings is 1. The van der Waals surface area contributed by atoms with E-state index in [-0.39, 0.29) is 24.2 Å². The van der Waals surface area contributed by atoms with Crippen LogP contribution in [0.15, 0.2) is 22.2 Å². The summed E-state index contributed by atoms with van der Waals surface area (Å²) in [7, 11) is 0. The van der Waals surface area contributed by atoms with Crippen molar-refractivity contribution in [1.82, 2.24) is 14.8 Å². The van der Waals surface area contributed by atoms with Gasteiger partial charge in [0.15, 0.2) is 0 Å². The van der Waals surface area contributed by atoms with Crippen LogP contribution in [0.2, 0.25) is 0 Å². The molecule has 0 unspecified atom stereocenters. The summed E-state index contributed by atoms with van der Waals surface area (Å²) in [6.45, 7) is 2.51. The zero-order valence-electron chi connectivity index (χ0n) is 12.3. The van der Waals surface area contributed by atoms with Gasteiger partial charge in [0.05, 0.1) is 5.56 Å². The summed E-state index contributed by atoms with van der Waals surface area (Å²) in [4.78, 5) is 32.4. The van der Waals surface area contributed by atoms with E-state index in [1.165, 1.54) is 22.7 Å². The summed E-state index contributed by atoms with van der Waals surface area (Å²) < 4.78 is 0. The van der Waals surface area contributed by atoms with Crippen molar-refractivity contribution in [1.29, 1.82) is 0 Å². The van der Waals surface area contributed by atoms with E-state index in [1.54, 1.807) is 15.2 Å². The molecule has 0 spiro atoms. The minimum Gasteiger partial charge on any atom is -0.335 e. The number of piperazine rings is 1. The minimum absolute atomic E-state index is 0. The first-order valence-corrected chi connectivity index (χ1v) is 8.76. The molecule has 0 radical (unpaired) electrons. The van der Waals surface area contributed by atoms with Crippen LogP contribution in [0.4, 0.5) is 0 Å². The molecule has 2 aromatic rings. The fourth-order valence-electron chi connectivity index (χ4n) is 2.35. The van der Waals surface area contributed by atoms with Crippen molar-refractivity contribution in [2.45, 2.75) is 6.54 Å². The maximum absolute atomic E-state index is 12.4. The smallest absolute Gasteiger partial charge is 0.273 e. The number of amides is 2. The maximum atomic E-state index is 12.4. The van der Waals surface area contributed by atoms with Gasteiger partial charge >= 0.3 is 0 Å². The highest BCUT2D eigenvalue weighted by molar-refractivity contribution is 7.09. The molecule has 6 nitrogen and oxygen atoms in total. The molecule has 2 aromatic heterocycles. The van der Waals surface area contributed by atoms with Crippen LogP contribution in [0.3, 0.4) is 0 Å². The Morgan fingerprint density at radius 2 is 1.78 bits per heavy atom. The highest BCUT2D eigenvalue weighted by Crippen LogP contribution is 2.15. The van der Waals surface area contributed by atoms with Gasteiger partial charge in [0.1, 0.15) is 10.7 Å². The number of nitrogens with zero attached hydrogens (tertiary/aromatic N) is 3. The van der Waals surface area contributed by atoms with Gasteiger partial charge in [-0.25, -0.2) is 4.98 Å². The Hall–Kier alpha value is -1.48. The average Bonchev–Trinajstić information content (AvgIpc) is 3.25. The Kier molecular flexibility index (Phi) is 6.11. The van der Waals surface area contributed by atoms with Crippen LogP contribution in [0, 0.1) is 0 Å². The second-order valence-electron chi connectivity index (χ2n) is 4.93. The van der Waals surface area contributed by atoms with Crippen LogP contribution < -0.4 is 5.73 Å². The molecule has 1 aliphatic rings. The van der Waals surface area contributed by atoms with Gasteiger partial charge < -0.3 is 15.5 Å². The molecule has 0 saturated carbocycles. The second kappa shape index (κ2) is 7.87. The average molecular weight is 373 g/mol. The molecule has 0 atom stereocenters. The standard InChI is InChI=1S/C14H16N4O2S2.ClH/c15-7-12-16-11(9-22-12)14(20)18-4-2-17(3-5-18)13(19)10-1-6-21-8-10;/h1,6,8-9H,2-5,7,15H2;1H. The molecule has 0 bridgehead atoms. The molecule has 3 rings (SSSR count). The van der Waals surface area contributed by atoms with E-state index in [9.17, 15) is 9.59 Å². The third-order valence-electron chi connectivity index (χ3n) is 3.57. The number of carbonyl (C=O) groups excluding carboxylic acids is 2.